The van der Waals surface area contributed by atoms with Crippen molar-refractivity contribution < 1.29 is 9.59 Å². The molecule has 0 radical (unpaired) electrons. The quantitative estimate of drug-likeness (QED) is 0.823. The van der Waals surface area contributed by atoms with Crippen LogP contribution in [0.5, 0.6) is 0 Å². The molecule has 1 fully saturated rings. The van der Waals surface area contributed by atoms with Gasteiger partial charge in [-0.2, -0.15) is 0 Å². The van der Waals surface area contributed by atoms with Gasteiger partial charge >= 0.3 is 6.03 Å². The van der Waals surface area contributed by atoms with E-state index in [1.807, 2.05) is 13.8 Å². The van der Waals surface area contributed by atoms with E-state index in [4.69, 9.17) is 0 Å². The van der Waals surface area contributed by atoms with Crippen LogP contribution in [0.15, 0.2) is 24.5 Å². The van der Waals surface area contributed by atoms with Crippen molar-refractivity contribution in [1.29, 1.82) is 0 Å². The van der Waals surface area contributed by atoms with Gasteiger partial charge in [0, 0.05) is 18.9 Å². The number of urea groups is 1. The summed E-state index contributed by atoms with van der Waals surface area (Å²) in [6.45, 7) is 6.11. The molecule has 5 nitrogen and oxygen atoms in total. The number of aromatic nitrogens is 1. The summed E-state index contributed by atoms with van der Waals surface area (Å²) in [6.07, 6.45) is 3.23. The van der Waals surface area contributed by atoms with E-state index in [-0.39, 0.29) is 17.9 Å². The van der Waals surface area contributed by atoms with Crippen LogP contribution in [-0.4, -0.2) is 28.4 Å². The number of rotatable bonds is 3. The fourth-order valence-corrected chi connectivity index (χ4v) is 2.11. The Morgan fingerprint density at radius 1 is 1.33 bits per heavy atom. The molecule has 1 atom stereocenters. The van der Waals surface area contributed by atoms with Gasteiger partial charge in [-0.1, -0.05) is 13.8 Å². The predicted octanol–water partition coefficient (Wildman–Crippen LogP) is 1.50. The second-order valence-corrected chi connectivity index (χ2v) is 5.10. The van der Waals surface area contributed by atoms with Crippen molar-refractivity contribution in [2.24, 2.45) is 5.92 Å². The van der Waals surface area contributed by atoms with E-state index in [1.54, 1.807) is 31.5 Å². The van der Waals surface area contributed by atoms with Crippen molar-refractivity contribution in [1.82, 2.24) is 15.2 Å². The molecule has 1 aromatic rings. The highest BCUT2D eigenvalue weighted by Crippen LogP contribution is 2.28. The van der Waals surface area contributed by atoms with E-state index < -0.39 is 5.54 Å². The van der Waals surface area contributed by atoms with Crippen LogP contribution < -0.4 is 5.32 Å². The number of nitrogens with one attached hydrogen (secondary N) is 1. The van der Waals surface area contributed by atoms with Crippen molar-refractivity contribution in [3.63, 3.8) is 0 Å². The van der Waals surface area contributed by atoms with Gasteiger partial charge in [-0.05, 0) is 30.5 Å². The van der Waals surface area contributed by atoms with E-state index in [1.165, 1.54) is 4.90 Å². The maximum Gasteiger partial charge on any atom is 0.325 e. The third-order valence-corrected chi connectivity index (χ3v) is 3.08. The topological polar surface area (TPSA) is 62.3 Å². The average molecular weight is 247 g/mol. The first kappa shape index (κ1) is 12.5. The number of hydrogen-bond donors (Lipinski definition) is 1. The van der Waals surface area contributed by atoms with E-state index in [2.05, 4.69) is 10.3 Å². The van der Waals surface area contributed by atoms with Crippen LogP contribution in [0.25, 0.3) is 0 Å². The largest absolute Gasteiger partial charge is 0.325 e. The molecule has 0 aromatic carbocycles. The number of carbonyl (C=O) groups excluding carboxylic acids is 2. The van der Waals surface area contributed by atoms with Gasteiger partial charge in [-0.3, -0.25) is 14.7 Å². The highest BCUT2D eigenvalue weighted by molar-refractivity contribution is 6.07. The Morgan fingerprint density at radius 2 is 1.94 bits per heavy atom. The summed E-state index contributed by atoms with van der Waals surface area (Å²) in [4.78, 5) is 29.5. The molecule has 0 saturated carbocycles. The summed E-state index contributed by atoms with van der Waals surface area (Å²) in [5.74, 6) is 0.0480. The van der Waals surface area contributed by atoms with Crippen LogP contribution in [-0.2, 0) is 10.3 Å². The molecule has 0 bridgehead atoms. The maximum atomic E-state index is 12.4. The molecule has 1 aliphatic rings. The van der Waals surface area contributed by atoms with Gasteiger partial charge in [0.1, 0.15) is 5.54 Å². The minimum absolute atomic E-state index is 0.201. The van der Waals surface area contributed by atoms with E-state index in [0.29, 0.717) is 6.54 Å². The van der Waals surface area contributed by atoms with Crippen LogP contribution >= 0.6 is 0 Å². The Balaban J connectivity index is 2.32. The fraction of sp³-hybridized carbons (Fsp3) is 0.462. The molecule has 1 aromatic heterocycles. The van der Waals surface area contributed by atoms with Crippen molar-refractivity contribution in [3.05, 3.63) is 30.1 Å². The summed E-state index contributed by atoms with van der Waals surface area (Å²) in [7, 11) is 0. The van der Waals surface area contributed by atoms with E-state index in [0.717, 1.165) is 5.56 Å². The van der Waals surface area contributed by atoms with Crippen LogP contribution in [0.2, 0.25) is 0 Å². The summed E-state index contributed by atoms with van der Waals surface area (Å²) < 4.78 is 0. The van der Waals surface area contributed by atoms with Crippen molar-refractivity contribution >= 4 is 11.9 Å². The summed E-state index contributed by atoms with van der Waals surface area (Å²) in [6, 6.07) is 3.17. The molecule has 1 aliphatic heterocycles. The molecule has 0 unspecified atom stereocenters. The monoisotopic (exact) mass is 247 g/mol. The first-order valence-electron chi connectivity index (χ1n) is 6.00. The Labute approximate surface area is 106 Å². The number of nitrogens with zero attached hydrogens (tertiary/aromatic N) is 2. The first-order valence-corrected chi connectivity index (χ1v) is 6.00. The molecular weight excluding hydrogens is 230 g/mol. The van der Waals surface area contributed by atoms with Gasteiger partial charge in [0.05, 0.1) is 0 Å². The molecule has 0 aliphatic carbocycles. The van der Waals surface area contributed by atoms with Crippen molar-refractivity contribution in [2.75, 3.05) is 6.54 Å². The third-order valence-electron chi connectivity index (χ3n) is 3.08. The number of pyridine rings is 1. The van der Waals surface area contributed by atoms with Gasteiger partial charge in [-0.15, -0.1) is 0 Å². The van der Waals surface area contributed by atoms with Gasteiger partial charge < -0.3 is 5.32 Å². The number of hydrogen-bond acceptors (Lipinski definition) is 3. The zero-order valence-electron chi connectivity index (χ0n) is 10.8. The Kier molecular flexibility index (Phi) is 3.07. The number of carbonyl (C=O) groups is 2. The molecule has 1 saturated heterocycles. The molecule has 2 rings (SSSR count). The standard InChI is InChI=1S/C13H17N3O2/c1-9(2)8-16-11(17)13(3,15-12(16)18)10-4-6-14-7-5-10/h4-7,9H,8H2,1-3H3,(H,15,18)/t13-/m1/s1. The molecule has 1 N–H and O–H groups in total. The Morgan fingerprint density at radius 3 is 2.50 bits per heavy atom. The molecule has 3 amide bonds. The fourth-order valence-electron chi connectivity index (χ4n) is 2.11. The number of imide groups is 1. The van der Waals surface area contributed by atoms with Gasteiger partial charge in [0.2, 0.25) is 0 Å². The SMILES string of the molecule is CC(C)CN1C(=O)N[C@](C)(c2ccncc2)C1=O. The highest BCUT2D eigenvalue weighted by atomic mass is 16.2. The Hall–Kier alpha value is -1.91. The molecular formula is C13H17N3O2. The van der Waals surface area contributed by atoms with Crippen LogP contribution in [0.4, 0.5) is 4.79 Å². The summed E-state index contributed by atoms with van der Waals surface area (Å²) in [5.41, 5.74) is -0.225. The molecule has 0 spiro atoms. The average Bonchev–Trinajstić information content (AvgIpc) is 2.55. The van der Waals surface area contributed by atoms with Gasteiger partial charge in [0.15, 0.2) is 0 Å². The number of amides is 3. The summed E-state index contributed by atoms with van der Waals surface area (Å²) >= 11 is 0. The Bertz CT molecular complexity index is 472. The van der Waals surface area contributed by atoms with Crippen LogP contribution in [0, 0.1) is 5.92 Å². The highest BCUT2D eigenvalue weighted by Gasteiger charge is 2.48. The molecule has 2 heterocycles. The minimum atomic E-state index is -0.977. The van der Waals surface area contributed by atoms with Crippen molar-refractivity contribution in [2.45, 2.75) is 26.3 Å². The maximum absolute atomic E-state index is 12.4. The van der Waals surface area contributed by atoms with E-state index >= 15 is 0 Å². The first-order chi connectivity index (χ1) is 8.45. The van der Waals surface area contributed by atoms with Crippen molar-refractivity contribution in [3.8, 4) is 0 Å². The molecule has 5 heteroatoms. The lowest BCUT2D eigenvalue weighted by Crippen LogP contribution is -2.41. The lowest BCUT2D eigenvalue weighted by atomic mass is 9.93. The predicted molar refractivity (Wildman–Crippen MR) is 66.7 cm³/mol. The second kappa shape index (κ2) is 4.40. The van der Waals surface area contributed by atoms with Gasteiger partial charge in [0.25, 0.3) is 5.91 Å². The van der Waals surface area contributed by atoms with Crippen LogP contribution in [0.1, 0.15) is 26.3 Å². The lowest BCUT2D eigenvalue weighted by molar-refractivity contribution is -0.131. The zero-order valence-corrected chi connectivity index (χ0v) is 10.8. The third kappa shape index (κ3) is 1.96. The lowest BCUT2D eigenvalue weighted by Gasteiger charge is -2.22. The molecule has 18 heavy (non-hydrogen) atoms. The second-order valence-electron chi connectivity index (χ2n) is 5.10. The molecule has 96 valence electrons. The van der Waals surface area contributed by atoms with Gasteiger partial charge in [-0.25, -0.2) is 4.79 Å². The summed E-state index contributed by atoms with van der Waals surface area (Å²) in [5, 5.41) is 2.76. The normalized spacial score (nSPS) is 23.7. The zero-order chi connectivity index (χ0) is 13.3. The minimum Gasteiger partial charge on any atom is -0.319 e. The van der Waals surface area contributed by atoms with Crippen LogP contribution in [0.3, 0.4) is 0 Å². The van der Waals surface area contributed by atoms with E-state index in [9.17, 15) is 9.59 Å². The smallest absolute Gasteiger partial charge is 0.319 e.